The van der Waals surface area contributed by atoms with Crippen LogP contribution in [-0.2, 0) is 31.0 Å². The molecule has 2 aromatic rings. The van der Waals surface area contributed by atoms with Crippen molar-refractivity contribution in [2.24, 2.45) is 7.05 Å². The fourth-order valence-corrected chi connectivity index (χ4v) is 5.93. The molecule has 0 radical (unpaired) electrons. The Balaban J connectivity index is 1.63. The Bertz CT molecular complexity index is 1440. The van der Waals surface area contributed by atoms with Gasteiger partial charge in [0, 0.05) is 49.9 Å². The van der Waals surface area contributed by atoms with E-state index in [4.69, 9.17) is 0 Å². The minimum absolute atomic E-state index is 0.0316. The second-order valence-corrected chi connectivity index (χ2v) is 11.7. The number of hydrogen-bond donors (Lipinski definition) is 5. The summed E-state index contributed by atoms with van der Waals surface area (Å²) in [5, 5.41) is 21.6. The Labute approximate surface area is 256 Å². The molecule has 1 aromatic heterocycles. The van der Waals surface area contributed by atoms with Crippen molar-refractivity contribution in [1.82, 2.24) is 30.7 Å². The van der Waals surface area contributed by atoms with Crippen LogP contribution in [0.2, 0.25) is 0 Å². The summed E-state index contributed by atoms with van der Waals surface area (Å²) in [5.41, 5.74) is 2.27. The molecular weight excluding hydrogens is 568 g/mol. The molecule has 1 aromatic carbocycles. The van der Waals surface area contributed by atoms with E-state index in [1.54, 1.807) is 17.7 Å². The number of benzene rings is 1. The highest BCUT2D eigenvalue weighted by molar-refractivity contribution is 6.01. The molecule has 44 heavy (non-hydrogen) atoms. The lowest BCUT2D eigenvalue weighted by atomic mass is 10.1. The van der Waals surface area contributed by atoms with E-state index in [1.807, 2.05) is 32.0 Å². The largest absolute Gasteiger partial charge is 0.480 e. The molecule has 5 amide bonds. The van der Waals surface area contributed by atoms with Gasteiger partial charge in [-0.3, -0.25) is 24.0 Å². The van der Waals surface area contributed by atoms with Gasteiger partial charge in [-0.25, -0.2) is 4.79 Å². The number of carboxylic acid groups (broad SMARTS) is 1. The lowest BCUT2D eigenvalue weighted by molar-refractivity contribution is -0.144. The van der Waals surface area contributed by atoms with Crippen molar-refractivity contribution in [3.05, 3.63) is 35.5 Å². The van der Waals surface area contributed by atoms with E-state index in [1.165, 1.54) is 4.90 Å². The standard InChI is InChI=1S/C31H42N6O7/c1-4-7-27(39)33-20-16-25-29(41)35-22(31(43)44)10-12-26(38)32-13-6-5-8-21(30(42)37(25)17-20)34-28(40)24-15-19-14-18(2)9-11-23(19)36(24)3/h9,11,14-15,20-22,25H,4-8,10,12-13,16-17H2,1-3H3,(H,32,38)(H,33,39)(H,34,40)(H,35,41)(H,43,44)/t20-,21+,22+,25+/m1/s1. The molecule has 0 spiro atoms. The first kappa shape index (κ1) is 32.5. The molecule has 2 aliphatic heterocycles. The third-order valence-corrected chi connectivity index (χ3v) is 8.28. The summed E-state index contributed by atoms with van der Waals surface area (Å²) in [5.74, 6) is -3.49. The number of carbonyl (C=O) groups is 6. The first-order valence-corrected chi connectivity index (χ1v) is 15.2. The smallest absolute Gasteiger partial charge is 0.326 e. The van der Waals surface area contributed by atoms with Crippen LogP contribution in [0.15, 0.2) is 24.3 Å². The maximum Gasteiger partial charge on any atom is 0.326 e. The molecule has 4 atom stereocenters. The molecule has 0 aliphatic carbocycles. The van der Waals surface area contributed by atoms with Crippen molar-refractivity contribution in [3.63, 3.8) is 0 Å². The highest BCUT2D eigenvalue weighted by atomic mass is 16.4. The van der Waals surface area contributed by atoms with Gasteiger partial charge in [-0.15, -0.1) is 0 Å². The molecule has 2 saturated heterocycles. The number of aliphatic carboxylic acids is 1. The molecule has 13 nitrogen and oxygen atoms in total. The molecule has 13 heteroatoms. The van der Waals surface area contributed by atoms with Crippen molar-refractivity contribution in [2.45, 2.75) is 89.4 Å². The first-order chi connectivity index (χ1) is 21.0. The number of fused-ring (bicyclic) bond motifs is 2. The maximum atomic E-state index is 14.1. The van der Waals surface area contributed by atoms with Gasteiger partial charge in [-0.05, 0) is 63.6 Å². The number of rotatable bonds is 6. The lowest BCUT2D eigenvalue weighted by Gasteiger charge is -2.29. The highest BCUT2D eigenvalue weighted by Crippen LogP contribution is 2.23. The molecule has 0 unspecified atom stereocenters. The SMILES string of the molecule is CCCC(=O)N[C@@H]1C[C@H]2C(=O)N[C@H](C(=O)O)CCC(=O)NCCCC[C@H](NC(=O)c3cc4cc(C)ccc4n3C)C(=O)N2C1. The Hall–Kier alpha value is -4.42. The zero-order valence-electron chi connectivity index (χ0n) is 25.5. The van der Waals surface area contributed by atoms with E-state index >= 15 is 0 Å². The van der Waals surface area contributed by atoms with Gasteiger partial charge in [0.05, 0.1) is 0 Å². The Morgan fingerprint density at radius 1 is 1.07 bits per heavy atom. The molecule has 0 bridgehead atoms. The number of amides is 5. The van der Waals surface area contributed by atoms with Crippen molar-refractivity contribution in [1.29, 1.82) is 0 Å². The van der Waals surface area contributed by atoms with E-state index in [0.717, 1.165) is 16.5 Å². The maximum absolute atomic E-state index is 14.1. The molecular formula is C31H42N6O7. The van der Waals surface area contributed by atoms with Crippen molar-refractivity contribution >= 4 is 46.4 Å². The average molecular weight is 611 g/mol. The number of hydrogen-bond acceptors (Lipinski definition) is 6. The molecule has 4 rings (SSSR count). The summed E-state index contributed by atoms with van der Waals surface area (Å²) < 4.78 is 1.76. The van der Waals surface area contributed by atoms with Gasteiger partial charge in [-0.1, -0.05) is 18.6 Å². The first-order valence-electron chi connectivity index (χ1n) is 15.2. The van der Waals surface area contributed by atoms with Crippen LogP contribution in [0.5, 0.6) is 0 Å². The van der Waals surface area contributed by atoms with Crippen molar-refractivity contribution in [2.75, 3.05) is 13.1 Å². The molecule has 0 saturated carbocycles. The normalized spacial score (nSPS) is 23.6. The van der Waals surface area contributed by atoms with Crippen LogP contribution in [0.3, 0.4) is 0 Å². The molecule has 2 aliphatic rings. The number of aromatic nitrogens is 1. The van der Waals surface area contributed by atoms with Gasteiger partial charge in [0.15, 0.2) is 0 Å². The fraction of sp³-hybridized carbons (Fsp3) is 0.548. The highest BCUT2D eigenvalue weighted by Gasteiger charge is 2.43. The lowest BCUT2D eigenvalue weighted by Crippen LogP contribution is -2.55. The van der Waals surface area contributed by atoms with E-state index in [9.17, 15) is 33.9 Å². The Morgan fingerprint density at radius 2 is 1.84 bits per heavy atom. The minimum Gasteiger partial charge on any atom is -0.480 e. The Kier molecular flexibility index (Phi) is 10.6. The van der Waals surface area contributed by atoms with Gasteiger partial charge in [0.2, 0.25) is 23.6 Å². The van der Waals surface area contributed by atoms with E-state index in [-0.39, 0.29) is 50.5 Å². The Morgan fingerprint density at radius 3 is 2.57 bits per heavy atom. The van der Waals surface area contributed by atoms with Crippen molar-refractivity contribution in [3.8, 4) is 0 Å². The summed E-state index contributed by atoms with van der Waals surface area (Å²) >= 11 is 0. The third-order valence-electron chi connectivity index (χ3n) is 8.28. The van der Waals surface area contributed by atoms with Crippen LogP contribution in [0.4, 0.5) is 0 Å². The number of nitrogens with zero attached hydrogens (tertiary/aromatic N) is 2. The summed E-state index contributed by atoms with van der Waals surface area (Å²) in [6.45, 7) is 4.18. The summed E-state index contributed by atoms with van der Waals surface area (Å²) in [4.78, 5) is 79.2. The topological polar surface area (TPSA) is 179 Å². The van der Waals surface area contributed by atoms with Gasteiger partial charge >= 0.3 is 5.97 Å². The monoisotopic (exact) mass is 610 g/mol. The van der Waals surface area contributed by atoms with Gasteiger partial charge < -0.3 is 35.8 Å². The zero-order valence-corrected chi connectivity index (χ0v) is 25.5. The molecule has 2 fully saturated rings. The summed E-state index contributed by atoms with van der Waals surface area (Å²) in [6.07, 6.45) is 2.05. The average Bonchev–Trinajstić information content (AvgIpc) is 3.53. The van der Waals surface area contributed by atoms with Gasteiger partial charge in [0.25, 0.3) is 5.91 Å². The number of nitrogens with one attached hydrogen (secondary N) is 4. The van der Waals surface area contributed by atoms with Crippen LogP contribution in [0, 0.1) is 6.92 Å². The van der Waals surface area contributed by atoms with E-state index in [2.05, 4.69) is 21.3 Å². The third kappa shape index (κ3) is 7.74. The second-order valence-electron chi connectivity index (χ2n) is 11.7. The van der Waals surface area contributed by atoms with Crippen LogP contribution >= 0.6 is 0 Å². The molecule has 238 valence electrons. The van der Waals surface area contributed by atoms with Crippen LogP contribution in [-0.4, -0.2) is 87.3 Å². The predicted octanol–water partition coefficient (Wildman–Crippen LogP) is 1.12. The van der Waals surface area contributed by atoms with E-state index < -0.39 is 47.9 Å². The zero-order chi connectivity index (χ0) is 32.0. The summed E-state index contributed by atoms with van der Waals surface area (Å²) in [6, 6.07) is 3.68. The van der Waals surface area contributed by atoms with Crippen LogP contribution in [0.1, 0.15) is 74.3 Å². The quantitative estimate of drug-likeness (QED) is 0.325. The van der Waals surface area contributed by atoms with Gasteiger partial charge in [0.1, 0.15) is 23.8 Å². The second kappa shape index (κ2) is 14.4. The predicted molar refractivity (Wildman–Crippen MR) is 162 cm³/mol. The molecule has 3 heterocycles. The van der Waals surface area contributed by atoms with Gasteiger partial charge in [-0.2, -0.15) is 0 Å². The fourth-order valence-electron chi connectivity index (χ4n) is 5.93. The minimum atomic E-state index is -1.34. The number of carboxylic acids is 1. The van der Waals surface area contributed by atoms with E-state index in [0.29, 0.717) is 31.5 Å². The number of aryl methyl sites for hydroxylation is 2. The van der Waals surface area contributed by atoms with Crippen molar-refractivity contribution < 1.29 is 33.9 Å². The van der Waals surface area contributed by atoms with Crippen LogP contribution < -0.4 is 21.3 Å². The summed E-state index contributed by atoms with van der Waals surface area (Å²) in [7, 11) is 1.77. The molecule has 5 N–H and O–H groups in total. The van der Waals surface area contributed by atoms with Crippen LogP contribution in [0.25, 0.3) is 10.9 Å². The number of carbonyl (C=O) groups excluding carboxylic acids is 5.